The van der Waals surface area contributed by atoms with Gasteiger partial charge in [-0.25, -0.2) is 4.79 Å². The summed E-state index contributed by atoms with van der Waals surface area (Å²) in [7, 11) is 0. The lowest BCUT2D eigenvalue weighted by Crippen LogP contribution is -2.43. The van der Waals surface area contributed by atoms with E-state index >= 15 is 0 Å². The normalized spacial score (nSPS) is 15.1. The van der Waals surface area contributed by atoms with Crippen LogP contribution < -0.4 is 5.32 Å². The Labute approximate surface area is 168 Å². The molecule has 0 atom stereocenters. The number of carbonyl (C=O) groups is 3. The molecule has 1 N–H and O–H groups in total. The van der Waals surface area contributed by atoms with Gasteiger partial charge in [0.2, 0.25) is 5.91 Å². The van der Waals surface area contributed by atoms with Gasteiger partial charge < -0.3 is 19.9 Å². The van der Waals surface area contributed by atoms with Crippen molar-refractivity contribution >= 4 is 33.8 Å². The van der Waals surface area contributed by atoms with Crippen molar-refractivity contribution < 1.29 is 19.1 Å². The number of alkyl carbamates (subject to hydrolysis) is 1. The number of nitrogens with zero attached hydrogens (tertiary/aromatic N) is 2. The Morgan fingerprint density at radius 3 is 2.26 bits per heavy atom. The van der Waals surface area contributed by atoms with E-state index in [-0.39, 0.29) is 18.4 Å². The van der Waals surface area contributed by atoms with Crippen LogP contribution in [-0.4, -0.2) is 66.0 Å². The second-order valence-electron chi connectivity index (χ2n) is 7.39. The first-order valence-corrected chi connectivity index (χ1v) is 9.74. The molecule has 1 aliphatic heterocycles. The van der Waals surface area contributed by atoms with E-state index < -0.39 is 11.7 Å². The minimum atomic E-state index is -0.613. The Kier molecular flexibility index (Phi) is 7.24. The van der Waals surface area contributed by atoms with Crippen molar-refractivity contribution in [2.24, 2.45) is 0 Å². The molecule has 0 spiro atoms. The molecule has 1 aromatic rings. The number of benzene rings is 1. The zero-order chi connectivity index (χ0) is 20.0. The van der Waals surface area contributed by atoms with Gasteiger partial charge in [-0.15, -0.1) is 0 Å². The summed E-state index contributed by atoms with van der Waals surface area (Å²) < 4.78 is 6.05. The van der Waals surface area contributed by atoms with E-state index in [4.69, 9.17) is 4.74 Å². The molecule has 27 heavy (non-hydrogen) atoms. The third-order valence-electron chi connectivity index (χ3n) is 4.01. The van der Waals surface area contributed by atoms with Crippen LogP contribution in [-0.2, 0) is 9.53 Å². The molecule has 0 saturated carbocycles. The number of amides is 3. The molecule has 0 radical (unpaired) electrons. The van der Waals surface area contributed by atoms with Crippen LogP contribution in [0.15, 0.2) is 28.7 Å². The lowest BCUT2D eigenvalue weighted by molar-refractivity contribution is -0.130. The molecule has 8 heteroatoms. The van der Waals surface area contributed by atoms with Gasteiger partial charge in [-0.2, -0.15) is 0 Å². The Morgan fingerprint density at radius 1 is 1.04 bits per heavy atom. The Morgan fingerprint density at radius 2 is 1.63 bits per heavy atom. The first kappa shape index (κ1) is 21.2. The van der Waals surface area contributed by atoms with Gasteiger partial charge in [0.25, 0.3) is 5.91 Å². The first-order chi connectivity index (χ1) is 12.7. The predicted octanol–water partition coefficient (Wildman–Crippen LogP) is 2.65. The standard InChI is InChI=1S/C19H26BrN3O4/c1-19(2,3)27-18(26)21-13-16(24)22-9-4-10-23(12-11-22)17(25)14-5-7-15(20)8-6-14/h5-8H,4,9-13H2,1-3H3,(H,21,26). The molecule has 1 fully saturated rings. The molecule has 0 aromatic heterocycles. The Hall–Kier alpha value is -2.09. The summed E-state index contributed by atoms with van der Waals surface area (Å²) in [5.74, 6) is -0.220. The molecule has 0 bridgehead atoms. The first-order valence-electron chi connectivity index (χ1n) is 8.95. The van der Waals surface area contributed by atoms with E-state index in [1.807, 2.05) is 12.1 Å². The molecule has 1 aromatic carbocycles. The lowest BCUT2D eigenvalue weighted by Gasteiger charge is -2.23. The second-order valence-corrected chi connectivity index (χ2v) is 8.30. The average molecular weight is 440 g/mol. The Balaban J connectivity index is 1.84. The highest BCUT2D eigenvalue weighted by molar-refractivity contribution is 9.10. The number of hydrogen-bond acceptors (Lipinski definition) is 4. The maximum atomic E-state index is 12.6. The van der Waals surface area contributed by atoms with Gasteiger partial charge >= 0.3 is 6.09 Å². The maximum Gasteiger partial charge on any atom is 0.408 e. The smallest absolute Gasteiger partial charge is 0.408 e. The van der Waals surface area contributed by atoms with Crippen molar-refractivity contribution in [3.8, 4) is 0 Å². The van der Waals surface area contributed by atoms with Gasteiger partial charge in [-0.05, 0) is 51.5 Å². The largest absolute Gasteiger partial charge is 0.444 e. The highest BCUT2D eigenvalue weighted by atomic mass is 79.9. The molecule has 3 amide bonds. The van der Waals surface area contributed by atoms with Crippen molar-refractivity contribution in [3.05, 3.63) is 34.3 Å². The molecule has 1 saturated heterocycles. The third-order valence-corrected chi connectivity index (χ3v) is 4.54. The summed E-state index contributed by atoms with van der Waals surface area (Å²) >= 11 is 3.36. The fourth-order valence-electron chi connectivity index (χ4n) is 2.72. The van der Waals surface area contributed by atoms with Crippen LogP contribution >= 0.6 is 15.9 Å². The number of hydrogen-bond donors (Lipinski definition) is 1. The molecule has 1 aliphatic rings. The minimum Gasteiger partial charge on any atom is -0.444 e. The van der Waals surface area contributed by atoms with Gasteiger partial charge in [-0.3, -0.25) is 9.59 Å². The highest BCUT2D eigenvalue weighted by Crippen LogP contribution is 2.14. The van der Waals surface area contributed by atoms with Crippen molar-refractivity contribution in [1.82, 2.24) is 15.1 Å². The van der Waals surface area contributed by atoms with E-state index in [9.17, 15) is 14.4 Å². The summed E-state index contributed by atoms with van der Waals surface area (Å²) in [6, 6.07) is 7.24. The molecular formula is C19H26BrN3O4. The number of ether oxygens (including phenoxy) is 1. The quantitative estimate of drug-likeness (QED) is 0.784. The van der Waals surface area contributed by atoms with Crippen molar-refractivity contribution in [3.63, 3.8) is 0 Å². The number of halogens is 1. The highest BCUT2D eigenvalue weighted by Gasteiger charge is 2.23. The monoisotopic (exact) mass is 439 g/mol. The topological polar surface area (TPSA) is 79.0 Å². The van der Waals surface area contributed by atoms with Gasteiger partial charge in [-0.1, -0.05) is 15.9 Å². The zero-order valence-electron chi connectivity index (χ0n) is 16.0. The van der Waals surface area contributed by atoms with Crippen LogP contribution in [0.1, 0.15) is 37.6 Å². The number of carbonyl (C=O) groups excluding carboxylic acids is 3. The molecular weight excluding hydrogens is 414 g/mol. The fraction of sp³-hybridized carbons (Fsp3) is 0.526. The number of nitrogens with one attached hydrogen (secondary N) is 1. The van der Waals surface area contributed by atoms with Crippen LogP contribution in [0.5, 0.6) is 0 Å². The van der Waals surface area contributed by atoms with Crippen LogP contribution in [0.3, 0.4) is 0 Å². The molecule has 0 aliphatic carbocycles. The van der Waals surface area contributed by atoms with Crippen LogP contribution in [0.4, 0.5) is 4.79 Å². The van der Waals surface area contributed by atoms with Gasteiger partial charge in [0, 0.05) is 36.2 Å². The average Bonchev–Trinajstić information content (AvgIpc) is 2.84. The van der Waals surface area contributed by atoms with E-state index in [0.29, 0.717) is 38.2 Å². The van der Waals surface area contributed by atoms with Gasteiger partial charge in [0.1, 0.15) is 12.1 Å². The third kappa shape index (κ3) is 6.86. The van der Waals surface area contributed by atoms with E-state index in [0.717, 1.165) is 4.47 Å². The van der Waals surface area contributed by atoms with Crippen LogP contribution in [0.25, 0.3) is 0 Å². The number of rotatable bonds is 3. The van der Waals surface area contributed by atoms with Crippen LogP contribution in [0.2, 0.25) is 0 Å². The SMILES string of the molecule is CC(C)(C)OC(=O)NCC(=O)N1CCCN(C(=O)c2ccc(Br)cc2)CC1. The molecule has 1 heterocycles. The maximum absolute atomic E-state index is 12.6. The summed E-state index contributed by atoms with van der Waals surface area (Å²) in [6.45, 7) is 7.23. The summed E-state index contributed by atoms with van der Waals surface area (Å²) in [6.07, 6.45) is 0.0817. The van der Waals surface area contributed by atoms with Crippen molar-refractivity contribution in [2.75, 3.05) is 32.7 Å². The summed E-state index contributed by atoms with van der Waals surface area (Å²) in [5, 5.41) is 2.48. The van der Waals surface area contributed by atoms with E-state index in [1.54, 1.807) is 42.7 Å². The molecule has 148 valence electrons. The van der Waals surface area contributed by atoms with Crippen LogP contribution in [0, 0.1) is 0 Å². The fourth-order valence-corrected chi connectivity index (χ4v) is 2.98. The van der Waals surface area contributed by atoms with E-state index in [2.05, 4.69) is 21.2 Å². The summed E-state index contributed by atoms with van der Waals surface area (Å²) in [5.41, 5.74) is 0.0217. The predicted molar refractivity (Wildman–Crippen MR) is 105 cm³/mol. The summed E-state index contributed by atoms with van der Waals surface area (Å²) in [4.78, 5) is 40.1. The van der Waals surface area contributed by atoms with Gasteiger partial charge in [0.15, 0.2) is 0 Å². The van der Waals surface area contributed by atoms with Crippen molar-refractivity contribution in [1.29, 1.82) is 0 Å². The molecule has 2 rings (SSSR count). The Bertz CT molecular complexity index is 685. The molecule has 7 nitrogen and oxygen atoms in total. The minimum absolute atomic E-state index is 0.0383. The van der Waals surface area contributed by atoms with Crippen molar-refractivity contribution in [2.45, 2.75) is 32.8 Å². The zero-order valence-corrected chi connectivity index (χ0v) is 17.5. The second kappa shape index (κ2) is 9.21. The molecule has 0 unspecified atom stereocenters. The lowest BCUT2D eigenvalue weighted by atomic mass is 10.2. The van der Waals surface area contributed by atoms with E-state index in [1.165, 1.54) is 0 Å². The van der Waals surface area contributed by atoms with Gasteiger partial charge in [0.05, 0.1) is 0 Å².